The molecule has 0 radical (unpaired) electrons. The summed E-state index contributed by atoms with van der Waals surface area (Å²) >= 11 is 0. The summed E-state index contributed by atoms with van der Waals surface area (Å²) in [6, 6.07) is 1.20. The third-order valence-corrected chi connectivity index (χ3v) is 4.32. The monoisotopic (exact) mass is 254 g/mol. The van der Waals surface area contributed by atoms with E-state index in [1.807, 2.05) is 13.8 Å². The van der Waals surface area contributed by atoms with Gasteiger partial charge in [-0.2, -0.15) is 0 Å². The Morgan fingerprint density at radius 1 is 1.61 bits per heavy atom. The molecule has 0 bridgehead atoms. The number of hydrogen-bond acceptors (Lipinski definition) is 3. The van der Waals surface area contributed by atoms with E-state index < -0.39 is 28.6 Å². The standard InChI is InChI=1S/C12H15FN2O3/c1-3-7-11(2)6-12(11,13)9(18-7)15-5-4-8(16)14-10(15)17/h4-5,7,9H,3,6H2,1-2H3,(H,14,16,17)/t7-,9?,11?,12+/m1/s1. The predicted octanol–water partition coefficient (Wildman–Crippen LogP) is 0.962. The molecule has 1 aliphatic heterocycles. The molecule has 18 heavy (non-hydrogen) atoms. The maximum absolute atomic E-state index is 14.8. The van der Waals surface area contributed by atoms with Crippen LogP contribution in [0, 0.1) is 5.41 Å². The lowest BCUT2D eigenvalue weighted by Crippen LogP contribution is -2.36. The highest BCUT2D eigenvalue weighted by molar-refractivity contribution is 5.24. The Bertz CT molecular complexity index is 610. The lowest BCUT2D eigenvalue weighted by molar-refractivity contribution is -0.0609. The van der Waals surface area contributed by atoms with Gasteiger partial charge in [-0.3, -0.25) is 14.3 Å². The van der Waals surface area contributed by atoms with Crippen molar-refractivity contribution in [1.29, 1.82) is 0 Å². The van der Waals surface area contributed by atoms with Crippen molar-refractivity contribution >= 4 is 0 Å². The molecule has 1 aromatic rings. The van der Waals surface area contributed by atoms with Gasteiger partial charge < -0.3 is 4.74 Å². The minimum atomic E-state index is -1.50. The van der Waals surface area contributed by atoms with Crippen LogP contribution in [0.5, 0.6) is 0 Å². The van der Waals surface area contributed by atoms with Gasteiger partial charge in [0.05, 0.1) is 6.10 Å². The predicted molar refractivity (Wildman–Crippen MR) is 62.1 cm³/mol. The first kappa shape index (κ1) is 11.6. The second-order valence-electron chi connectivity index (χ2n) is 5.36. The molecule has 1 saturated heterocycles. The molecule has 0 amide bonds. The van der Waals surface area contributed by atoms with E-state index in [1.54, 1.807) is 0 Å². The number of rotatable bonds is 2. The van der Waals surface area contributed by atoms with E-state index in [4.69, 9.17) is 4.74 Å². The summed E-state index contributed by atoms with van der Waals surface area (Å²) in [6.07, 6.45) is 1.28. The minimum Gasteiger partial charge on any atom is -0.350 e. The fourth-order valence-corrected chi connectivity index (χ4v) is 3.10. The van der Waals surface area contributed by atoms with Gasteiger partial charge in [-0.15, -0.1) is 0 Å². The molecule has 3 rings (SSSR count). The van der Waals surface area contributed by atoms with Gasteiger partial charge in [-0.25, -0.2) is 9.18 Å². The van der Waals surface area contributed by atoms with E-state index in [2.05, 4.69) is 4.98 Å². The van der Waals surface area contributed by atoms with Crippen molar-refractivity contribution in [2.45, 2.75) is 44.7 Å². The topological polar surface area (TPSA) is 64.1 Å². The first-order valence-electron chi connectivity index (χ1n) is 6.08. The van der Waals surface area contributed by atoms with E-state index >= 15 is 0 Å². The molecular formula is C12H15FN2O3. The fourth-order valence-electron chi connectivity index (χ4n) is 3.10. The zero-order chi connectivity index (χ0) is 13.1. The van der Waals surface area contributed by atoms with Crippen LogP contribution in [0.4, 0.5) is 4.39 Å². The van der Waals surface area contributed by atoms with E-state index in [1.165, 1.54) is 12.3 Å². The molecular weight excluding hydrogens is 239 g/mol. The van der Waals surface area contributed by atoms with Crippen molar-refractivity contribution in [1.82, 2.24) is 9.55 Å². The fraction of sp³-hybridized carbons (Fsp3) is 0.667. The van der Waals surface area contributed by atoms with Gasteiger partial charge in [-0.05, 0) is 12.8 Å². The lowest BCUT2D eigenvalue weighted by Gasteiger charge is -2.20. The van der Waals surface area contributed by atoms with Crippen molar-refractivity contribution < 1.29 is 9.13 Å². The quantitative estimate of drug-likeness (QED) is 0.855. The number of nitrogens with zero attached hydrogens (tertiary/aromatic N) is 1. The summed E-state index contributed by atoms with van der Waals surface area (Å²) in [5.74, 6) is 0. The molecule has 2 heterocycles. The highest BCUT2D eigenvalue weighted by atomic mass is 19.1. The molecule has 4 atom stereocenters. The van der Waals surface area contributed by atoms with Gasteiger partial charge in [0.25, 0.3) is 5.56 Å². The second kappa shape index (κ2) is 3.32. The Hall–Kier alpha value is -1.43. The zero-order valence-corrected chi connectivity index (χ0v) is 10.3. The van der Waals surface area contributed by atoms with Gasteiger partial charge in [-0.1, -0.05) is 13.8 Å². The minimum absolute atomic E-state index is 0.189. The second-order valence-corrected chi connectivity index (χ2v) is 5.36. The summed E-state index contributed by atoms with van der Waals surface area (Å²) in [5, 5.41) is 0. The molecule has 1 N–H and O–H groups in total. The number of fused-ring (bicyclic) bond motifs is 1. The van der Waals surface area contributed by atoms with Crippen LogP contribution in [0.25, 0.3) is 0 Å². The molecule has 1 aromatic heterocycles. The maximum atomic E-state index is 14.8. The summed E-state index contributed by atoms with van der Waals surface area (Å²) in [6.45, 7) is 3.78. The largest absolute Gasteiger partial charge is 0.350 e. The SMILES string of the molecule is CC[C@H]1OC(n2ccc(=O)[nH]c2=O)[C@@]2(F)CC12C. The van der Waals surface area contributed by atoms with Gasteiger partial charge >= 0.3 is 5.69 Å². The smallest absolute Gasteiger partial charge is 0.330 e. The molecule has 1 saturated carbocycles. The van der Waals surface area contributed by atoms with E-state index in [-0.39, 0.29) is 6.10 Å². The van der Waals surface area contributed by atoms with Crippen LogP contribution in [-0.2, 0) is 4.74 Å². The molecule has 5 nitrogen and oxygen atoms in total. The van der Waals surface area contributed by atoms with Gasteiger partial charge in [0.1, 0.15) is 0 Å². The van der Waals surface area contributed by atoms with Crippen molar-refractivity contribution in [3.63, 3.8) is 0 Å². The maximum Gasteiger partial charge on any atom is 0.330 e. The number of aromatic nitrogens is 2. The number of hydrogen-bond donors (Lipinski definition) is 1. The van der Waals surface area contributed by atoms with E-state index in [0.717, 1.165) is 4.57 Å². The van der Waals surface area contributed by atoms with Crippen molar-refractivity contribution in [3.8, 4) is 0 Å². The highest BCUT2D eigenvalue weighted by Gasteiger charge is 2.79. The molecule has 6 heteroatoms. The number of alkyl halides is 1. The zero-order valence-electron chi connectivity index (χ0n) is 10.3. The molecule has 0 spiro atoms. The summed E-state index contributed by atoms with van der Waals surface area (Å²) in [4.78, 5) is 24.8. The van der Waals surface area contributed by atoms with E-state index in [0.29, 0.717) is 12.8 Å². The lowest BCUT2D eigenvalue weighted by atomic mass is 9.98. The highest BCUT2D eigenvalue weighted by Crippen LogP contribution is 2.72. The van der Waals surface area contributed by atoms with Crippen LogP contribution in [0.1, 0.15) is 32.9 Å². The van der Waals surface area contributed by atoms with Crippen molar-refractivity contribution in [2.24, 2.45) is 5.41 Å². The number of aromatic amines is 1. The first-order valence-corrected chi connectivity index (χ1v) is 6.08. The molecule has 0 aromatic carbocycles. The third kappa shape index (κ3) is 1.24. The Morgan fingerprint density at radius 3 is 2.89 bits per heavy atom. The number of halogens is 1. The van der Waals surface area contributed by atoms with Crippen molar-refractivity contribution in [2.75, 3.05) is 0 Å². The van der Waals surface area contributed by atoms with Crippen LogP contribution in [0.2, 0.25) is 0 Å². The Kier molecular flexibility index (Phi) is 2.15. The van der Waals surface area contributed by atoms with Gasteiger partial charge in [0.15, 0.2) is 11.9 Å². The summed E-state index contributed by atoms with van der Waals surface area (Å²) in [5.41, 5.74) is -3.14. The number of H-pyrrole nitrogens is 1. The molecule has 98 valence electrons. The van der Waals surface area contributed by atoms with Crippen LogP contribution in [0.15, 0.2) is 21.9 Å². The number of ether oxygens (including phenoxy) is 1. The molecule has 2 aliphatic rings. The van der Waals surface area contributed by atoms with Crippen molar-refractivity contribution in [3.05, 3.63) is 33.1 Å². The Labute approximate surface area is 103 Å². The van der Waals surface area contributed by atoms with Crippen LogP contribution in [-0.4, -0.2) is 21.3 Å². The first-order chi connectivity index (χ1) is 8.42. The van der Waals surface area contributed by atoms with Crippen LogP contribution >= 0.6 is 0 Å². The Morgan fingerprint density at radius 2 is 2.33 bits per heavy atom. The third-order valence-electron chi connectivity index (χ3n) is 4.32. The van der Waals surface area contributed by atoms with Crippen LogP contribution < -0.4 is 11.2 Å². The normalized spacial score (nSPS) is 41.7. The molecule has 2 unspecified atom stereocenters. The van der Waals surface area contributed by atoms with Crippen LogP contribution in [0.3, 0.4) is 0 Å². The Balaban J connectivity index is 2.04. The van der Waals surface area contributed by atoms with E-state index in [9.17, 15) is 14.0 Å². The summed E-state index contributed by atoms with van der Waals surface area (Å²) < 4.78 is 21.6. The van der Waals surface area contributed by atoms with Gasteiger partial charge in [0, 0.05) is 17.7 Å². The average Bonchev–Trinajstić information content (AvgIpc) is 2.79. The average molecular weight is 254 g/mol. The number of nitrogens with one attached hydrogen (secondary N) is 1. The molecule has 2 fully saturated rings. The molecule has 1 aliphatic carbocycles. The van der Waals surface area contributed by atoms with Gasteiger partial charge in [0.2, 0.25) is 0 Å². The summed E-state index contributed by atoms with van der Waals surface area (Å²) in [7, 11) is 0.